The summed E-state index contributed by atoms with van der Waals surface area (Å²) in [5, 5.41) is 6.99. The first-order valence-electron chi connectivity index (χ1n) is 4.42. The number of halogens is 1. The Morgan fingerprint density at radius 2 is 2.27 bits per heavy atom. The van der Waals surface area contributed by atoms with E-state index in [1.54, 1.807) is 12.2 Å². The van der Waals surface area contributed by atoms with Crippen molar-refractivity contribution in [2.45, 2.75) is 6.54 Å². The van der Waals surface area contributed by atoms with Gasteiger partial charge in [0.05, 0.1) is 18.4 Å². The second-order valence-corrected chi connectivity index (χ2v) is 3.20. The molecule has 0 saturated heterocycles. The molecule has 15 heavy (non-hydrogen) atoms. The molecule has 0 radical (unpaired) electrons. The molecule has 1 aromatic rings. The van der Waals surface area contributed by atoms with Crippen molar-refractivity contribution in [3.8, 4) is 0 Å². The molecule has 1 heterocycles. The lowest BCUT2D eigenvalue weighted by Gasteiger charge is -2.07. The Hall–Kier alpha value is -1.55. The molecule has 1 aromatic heterocycles. The molecule has 0 atom stereocenters. The second kappa shape index (κ2) is 5.36. The Balaban J connectivity index is 3.03. The van der Waals surface area contributed by atoms with Crippen molar-refractivity contribution < 1.29 is 0 Å². The zero-order valence-electron chi connectivity index (χ0n) is 8.24. The van der Waals surface area contributed by atoms with Gasteiger partial charge in [-0.05, 0) is 0 Å². The van der Waals surface area contributed by atoms with Crippen molar-refractivity contribution >= 4 is 17.3 Å². The number of hydrogen-bond acceptors (Lipinski definition) is 3. The normalized spacial score (nSPS) is 9.67. The van der Waals surface area contributed by atoms with E-state index in [4.69, 9.17) is 11.6 Å². The maximum absolute atomic E-state index is 11.6. The zero-order valence-corrected chi connectivity index (χ0v) is 9.00. The predicted octanol–water partition coefficient (Wildman–Crippen LogP) is 1.68. The van der Waals surface area contributed by atoms with Crippen LogP contribution in [0.5, 0.6) is 0 Å². The standard InChI is InChI=1S/C10H12ClN3O/c1-3-5-12-8-7-13-14(6-4-2)10(15)9(8)11/h3-4,7,12H,1-2,5-6H2. The number of allylic oxidation sites excluding steroid dienone is 1. The molecule has 0 aliphatic carbocycles. The lowest BCUT2D eigenvalue weighted by Crippen LogP contribution is -2.23. The van der Waals surface area contributed by atoms with Gasteiger partial charge in [-0.15, -0.1) is 13.2 Å². The maximum Gasteiger partial charge on any atom is 0.287 e. The van der Waals surface area contributed by atoms with Crippen molar-refractivity contribution in [1.29, 1.82) is 0 Å². The fourth-order valence-electron chi connectivity index (χ4n) is 1.02. The molecule has 0 aliphatic rings. The zero-order chi connectivity index (χ0) is 11.3. The molecule has 1 rings (SSSR count). The van der Waals surface area contributed by atoms with Crippen LogP contribution in [0.2, 0.25) is 5.02 Å². The van der Waals surface area contributed by atoms with Crippen LogP contribution >= 0.6 is 11.6 Å². The molecule has 1 N–H and O–H groups in total. The number of nitrogens with one attached hydrogen (secondary N) is 1. The van der Waals surface area contributed by atoms with Gasteiger partial charge in [-0.25, -0.2) is 4.68 Å². The predicted molar refractivity (Wildman–Crippen MR) is 62.4 cm³/mol. The summed E-state index contributed by atoms with van der Waals surface area (Å²) in [6.07, 6.45) is 4.77. The van der Waals surface area contributed by atoms with Crippen LogP contribution in [-0.2, 0) is 6.54 Å². The molecular formula is C10H12ClN3O. The van der Waals surface area contributed by atoms with Gasteiger partial charge in [0.1, 0.15) is 5.02 Å². The number of rotatable bonds is 5. The van der Waals surface area contributed by atoms with Crippen LogP contribution in [0.15, 0.2) is 36.3 Å². The molecule has 0 aromatic carbocycles. The van der Waals surface area contributed by atoms with Gasteiger partial charge in [0.2, 0.25) is 0 Å². The fourth-order valence-corrected chi connectivity index (χ4v) is 1.24. The van der Waals surface area contributed by atoms with Crippen molar-refractivity contribution in [3.63, 3.8) is 0 Å². The molecular weight excluding hydrogens is 214 g/mol. The third-order valence-corrected chi connectivity index (χ3v) is 2.09. The molecule has 5 heteroatoms. The van der Waals surface area contributed by atoms with Gasteiger partial charge in [-0.2, -0.15) is 5.10 Å². The molecule has 80 valence electrons. The van der Waals surface area contributed by atoms with Crippen molar-refractivity contribution in [2.24, 2.45) is 0 Å². The van der Waals surface area contributed by atoms with Gasteiger partial charge >= 0.3 is 0 Å². The first-order chi connectivity index (χ1) is 7.20. The van der Waals surface area contributed by atoms with Gasteiger partial charge in [0.25, 0.3) is 5.56 Å². The fraction of sp³-hybridized carbons (Fsp3) is 0.200. The van der Waals surface area contributed by atoms with E-state index in [9.17, 15) is 4.79 Å². The van der Waals surface area contributed by atoms with Crippen LogP contribution in [0.25, 0.3) is 0 Å². The highest BCUT2D eigenvalue weighted by Crippen LogP contribution is 2.14. The Bertz CT molecular complexity index is 425. The topological polar surface area (TPSA) is 46.9 Å². The number of nitrogens with zero attached hydrogens (tertiary/aromatic N) is 2. The average molecular weight is 226 g/mol. The third-order valence-electron chi connectivity index (χ3n) is 1.72. The highest BCUT2D eigenvalue weighted by molar-refractivity contribution is 6.32. The van der Waals surface area contributed by atoms with Gasteiger partial charge in [-0.3, -0.25) is 4.79 Å². The van der Waals surface area contributed by atoms with Crippen LogP contribution in [0.4, 0.5) is 5.69 Å². The van der Waals surface area contributed by atoms with Crippen LogP contribution in [0.3, 0.4) is 0 Å². The average Bonchev–Trinajstić information content (AvgIpc) is 2.24. The van der Waals surface area contributed by atoms with E-state index in [2.05, 4.69) is 23.6 Å². The second-order valence-electron chi connectivity index (χ2n) is 2.82. The molecule has 0 amide bonds. The van der Waals surface area contributed by atoms with Crippen LogP contribution in [0.1, 0.15) is 0 Å². The Kier molecular flexibility index (Phi) is 4.12. The summed E-state index contributed by atoms with van der Waals surface area (Å²) in [5.41, 5.74) is 0.188. The molecule has 0 unspecified atom stereocenters. The maximum atomic E-state index is 11.6. The highest BCUT2D eigenvalue weighted by Gasteiger charge is 2.06. The third kappa shape index (κ3) is 2.70. The highest BCUT2D eigenvalue weighted by atomic mass is 35.5. The smallest absolute Gasteiger partial charge is 0.287 e. The van der Waals surface area contributed by atoms with Crippen molar-refractivity contribution in [3.05, 3.63) is 46.9 Å². The summed E-state index contributed by atoms with van der Waals surface area (Å²) < 4.78 is 1.24. The number of anilines is 1. The van der Waals surface area contributed by atoms with E-state index in [-0.39, 0.29) is 10.6 Å². The SMILES string of the molecule is C=CCNc1cnn(CC=C)c(=O)c1Cl. The van der Waals surface area contributed by atoms with Crippen LogP contribution in [-0.4, -0.2) is 16.3 Å². The monoisotopic (exact) mass is 225 g/mol. The minimum absolute atomic E-state index is 0.133. The lowest BCUT2D eigenvalue weighted by atomic mass is 10.4. The van der Waals surface area contributed by atoms with Crippen molar-refractivity contribution in [2.75, 3.05) is 11.9 Å². The van der Waals surface area contributed by atoms with E-state index >= 15 is 0 Å². The molecule has 0 fully saturated rings. The van der Waals surface area contributed by atoms with Gasteiger partial charge < -0.3 is 5.32 Å². The minimum atomic E-state index is -0.328. The summed E-state index contributed by atoms with van der Waals surface area (Å²) in [5.74, 6) is 0. The summed E-state index contributed by atoms with van der Waals surface area (Å²) in [7, 11) is 0. The Labute approximate surface area is 92.9 Å². The van der Waals surface area contributed by atoms with Gasteiger partial charge in [0.15, 0.2) is 0 Å². The molecule has 0 bridgehead atoms. The van der Waals surface area contributed by atoms with E-state index in [0.717, 1.165) is 0 Å². The Morgan fingerprint density at radius 3 is 2.87 bits per heavy atom. The van der Waals surface area contributed by atoms with Crippen LogP contribution < -0.4 is 10.9 Å². The van der Waals surface area contributed by atoms with Gasteiger partial charge in [0, 0.05) is 6.54 Å². The first kappa shape index (κ1) is 11.5. The van der Waals surface area contributed by atoms with Gasteiger partial charge in [-0.1, -0.05) is 23.8 Å². The van der Waals surface area contributed by atoms with Crippen molar-refractivity contribution in [1.82, 2.24) is 9.78 Å². The molecule has 0 saturated carbocycles. The largest absolute Gasteiger partial charge is 0.379 e. The first-order valence-corrected chi connectivity index (χ1v) is 4.79. The summed E-state index contributed by atoms with van der Waals surface area (Å²) in [6.45, 7) is 7.96. The summed E-state index contributed by atoms with van der Waals surface area (Å²) in [6, 6.07) is 0. The number of hydrogen-bond donors (Lipinski definition) is 1. The quantitative estimate of drug-likeness (QED) is 0.776. The number of aromatic nitrogens is 2. The van der Waals surface area contributed by atoms with E-state index in [1.807, 2.05) is 0 Å². The van der Waals surface area contributed by atoms with E-state index < -0.39 is 0 Å². The molecule has 4 nitrogen and oxygen atoms in total. The lowest BCUT2D eigenvalue weighted by molar-refractivity contribution is 0.653. The minimum Gasteiger partial charge on any atom is -0.379 e. The summed E-state index contributed by atoms with van der Waals surface area (Å²) in [4.78, 5) is 11.6. The molecule has 0 aliphatic heterocycles. The van der Waals surface area contributed by atoms with Crippen LogP contribution in [0, 0.1) is 0 Å². The van der Waals surface area contributed by atoms with E-state index in [0.29, 0.717) is 18.8 Å². The van der Waals surface area contributed by atoms with E-state index in [1.165, 1.54) is 10.9 Å². The Morgan fingerprint density at radius 1 is 1.53 bits per heavy atom. The molecule has 0 spiro atoms. The summed E-state index contributed by atoms with van der Waals surface area (Å²) >= 11 is 5.87.